The Morgan fingerprint density at radius 2 is 2.13 bits per heavy atom. The number of urea groups is 1. The van der Waals surface area contributed by atoms with Crippen LogP contribution in [0.25, 0.3) is 10.9 Å². The zero-order valence-corrected chi connectivity index (χ0v) is 8.34. The van der Waals surface area contributed by atoms with Crippen LogP contribution in [0, 0.1) is 0 Å². The van der Waals surface area contributed by atoms with E-state index in [4.69, 9.17) is 5.73 Å². The number of hydrogen-bond acceptors (Lipinski definition) is 2. The maximum absolute atomic E-state index is 11.0. The first-order valence-corrected chi connectivity index (χ1v) is 4.56. The molecule has 2 amide bonds. The summed E-state index contributed by atoms with van der Waals surface area (Å²) in [6.07, 6.45) is 1.63. The fourth-order valence-corrected chi connectivity index (χ4v) is 1.37. The van der Waals surface area contributed by atoms with E-state index in [9.17, 15) is 4.79 Å². The first kappa shape index (κ1) is 9.45. The summed E-state index contributed by atoms with van der Waals surface area (Å²) in [5.74, 6) is 0. The molecule has 0 atom stereocenters. The van der Waals surface area contributed by atoms with Gasteiger partial charge in [-0.05, 0) is 12.1 Å². The molecule has 0 aliphatic rings. The van der Waals surface area contributed by atoms with E-state index in [-0.39, 0.29) is 0 Å². The Kier molecular flexibility index (Phi) is 2.25. The number of carbonyl (C=O) groups excluding carboxylic acids is 1. The first-order chi connectivity index (χ1) is 7.18. The lowest BCUT2D eigenvalue weighted by atomic mass is 10.2. The molecule has 1 aromatic carbocycles. The van der Waals surface area contributed by atoms with Crippen molar-refractivity contribution >= 4 is 22.6 Å². The molecule has 0 fully saturated rings. The number of amides is 2. The van der Waals surface area contributed by atoms with Gasteiger partial charge >= 0.3 is 6.03 Å². The van der Waals surface area contributed by atoms with Gasteiger partial charge in [0, 0.05) is 12.4 Å². The lowest BCUT2D eigenvalue weighted by molar-refractivity contribution is 0.255. The zero-order valence-electron chi connectivity index (χ0n) is 8.34. The lowest BCUT2D eigenvalue weighted by Gasteiger charge is -2.13. The average Bonchev–Trinajstić information content (AvgIpc) is 2.27. The Morgan fingerprint density at radius 1 is 1.40 bits per heavy atom. The molecule has 0 radical (unpaired) electrons. The summed E-state index contributed by atoms with van der Waals surface area (Å²) >= 11 is 0. The van der Waals surface area contributed by atoms with E-state index in [0.717, 1.165) is 10.9 Å². The molecule has 0 bridgehead atoms. The van der Waals surface area contributed by atoms with Gasteiger partial charge in [0.25, 0.3) is 0 Å². The van der Waals surface area contributed by atoms with Crippen molar-refractivity contribution in [2.75, 3.05) is 11.9 Å². The maximum atomic E-state index is 11.0. The Balaban J connectivity index is 2.51. The van der Waals surface area contributed by atoms with Gasteiger partial charge < -0.3 is 5.73 Å². The monoisotopic (exact) mass is 201 g/mol. The number of nitrogens with two attached hydrogens (primary N) is 1. The number of anilines is 1. The maximum Gasteiger partial charge on any atom is 0.319 e. The second kappa shape index (κ2) is 3.57. The smallest absolute Gasteiger partial charge is 0.319 e. The third kappa shape index (κ3) is 1.74. The van der Waals surface area contributed by atoms with E-state index in [1.165, 1.54) is 4.90 Å². The molecule has 0 aliphatic heterocycles. The number of hydrogen-bond donors (Lipinski definition) is 1. The molecule has 0 spiro atoms. The Morgan fingerprint density at radius 3 is 2.87 bits per heavy atom. The fourth-order valence-electron chi connectivity index (χ4n) is 1.37. The molecular formula is C11H11N3O. The molecule has 0 saturated heterocycles. The van der Waals surface area contributed by atoms with Crippen molar-refractivity contribution in [2.24, 2.45) is 5.73 Å². The molecule has 76 valence electrons. The van der Waals surface area contributed by atoms with Crippen LogP contribution in [0.3, 0.4) is 0 Å². The van der Waals surface area contributed by atoms with Crippen molar-refractivity contribution in [2.45, 2.75) is 0 Å². The van der Waals surface area contributed by atoms with Crippen LogP contribution >= 0.6 is 0 Å². The Bertz CT molecular complexity index is 510. The lowest BCUT2D eigenvalue weighted by Crippen LogP contribution is -2.31. The molecule has 15 heavy (non-hydrogen) atoms. The quantitative estimate of drug-likeness (QED) is 0.764. The number of aromatic nitrogens is 1. The van der Waals surface area contributed by atoms with Gasteiger partial charge in [-0.2, -0.15) is 0 Å². The number of nitrogens with zero attached hydrogens (tertiary/aromatic N) is 2. The van der Waals surface area contributed by atoms with E-state index in [1.807, 2.05) is 30.3 Å². The molecule has 4 nitrogen and oxygen atoms in total. The highest BCUT2D eigenvalue weighted by atomic mass is 16.2. The van der Waals surface area contributed by atoms with Crippen LogP contribution in [0.4, 0.5) is 10.5 Å². The summed E-state index contributed by atoms with van der Waals surface area (Å²) in [5.41, 5.74) is 6.77. The van der Waals surface area contributed by atoms with Gasteiger partial charge in [0.05, 0.1) is 17.4 Å². The normalized spacial score (nSPS) is 10.2. The number of fused-ring (bicyclic) bond motifs is 1. The molecule has 2 aromatic rings. The van der Waals surface area contributed by atoms with E-state index in [0.29, 0.717) is 5.69 Å². The standard InChI is InChI=1S/C11H11N3O/c1-14(11(12)15)9-6-8-4-2-3-5-10(8)13-7-9/h2-7H,1H3,(H2,12,15). The van der Waals surface area contributed by atoms with Gasteiger partial charge in [0.2, 0.25) is 0 Å². The van der Waals surface area contributed by atoms with Crippen molar-refractivity contribution in [1.82, 2.24) is 4.98 Å². The summed E-state index contributed by atoms with van der Waals surface area (Å²) in [4.78, 5) is 16.6. The predicted octanol–water partition coefficient (Wildman–Crippen LogP) is 1.75. The van der Waals surface area contributed by atoms with Crippen molar-refractivity contribution < 1.29 is 4.79 Å². The van der Waals surface area contributed by atoms with Crippen LogP contribution in [0.2, 0.25) is 0 Å². The number of carbonyl (C=O) groups is 1. The fraction of sp³-hybridized carbons (Fsp3) is 0.0909. The molecular weight excluding hydrogens is 190 g/mol. The van der Waals surface area contributed by atoms with E-state index < -0.39 is 6.03 Å². The van der Waals surface area contributed by atoms with Gasteiger partial charge in [-0.3, -0.25) is 9.88 Å². The molecule has 2 rings (SSSR count). The summed E-state index contributed by atoms with van der Waals surface area (Å²) in [6.45, 7) is 0. The van der Waals surface area contributed by atoms with Crippen LogP contribution in [-0.2, 0) is 0 Å². The summed E-state index contributed by atoms with van der Waals surface area (Å²) < 4.78 is 0. The average molecular weight is 201 g/mol. The first-order valence-electron chi connectivity index (χ1n) is 4.56. The van der Waals surface area contributed by atoms with Crippen LogP contribution in [-0.4, -0.2) is 18.1 Å². The van der Waals surface area contributed by atoms with Crippen LogP contribution in [0.15, 0.2) is 36.5 Å². The minimum Gasteiger partial charge on any atom is -0.351 e. The molecule has 2 N–H and O–H groups in total. The summed E-state index contributed by atoms with van der Waals surface area (Å²) in [6, 6.07) is 9.11. The minimum atomic E-state index is -0.493. The van der Waals surface area contributed by atoms with Crippen molar-refractivity contribution in [1.29, 1.82) is 0 Å². The highest BCUT2D eigenvalue weighted by Gasteiger charge is 2.06. The summed E-state index contributed by atoms with van der Waals surface area (Å²) in [7, 11) is 1.62. The van der Waals surface area contributed by atoms with Crippen LogP contribution < -0.4 is 10.6 Å². The van der Waals surface area contributed by atoms with Gasteiger partial charge in [-0.25, -0.2) is 4.79 Å². The number of pyridine rings is 1. The number of para-hydroxylation sites is 1. The van der Waals surface area contributed by atoms with Crippen LogP contribution in [0.5, 0.6) is 0 Å². The topological polar surface area (TPSA) is 59.2 Å². The van der Waals surface area contributed by atoms with Gasteiger partial charge in [-0.15, -0.1) is 0 Å². The minimum absolute atomic E-state index is 0.493. The Labute approximate surface area is 87.3 Å². The zero-order chi connectivity index (χ0) is 10.8. The third-order valence-corrected chi connectivity index (χ3v) is 2.29. The van der Waals surface area contributed by atoms with Crippen LogP contribution in [0.1, 0.15) is 0 Å². The van der Waals surface area contributed by atoms with Gasteiger partial charge in [-0.1, -0.05) is 18.2 Å². The van der Waals surface area contributed by atoms with Crippen molar-refractivity contribution in [3.8, 4) is 0 Å². The highest BCUT2D eigenvalue weighted by Crippen LogP contribution is 2.18. The van der Waals surface area contributed by atoms with E-state index in [2.05, 4.69) is 4.98 Å². The molecule has 4 heteroatoms. The van der Waals surface area contributed by atoms with E-state index in [1.54, 1.807) is 13.2 Å². The highest BCUT2D eigenvalue weighted by molar-refractivity contribution is 5.92. The predicted molar refractivity (Wildman–Crippen MR) is 59.7 cm³/mol. The number of primary amides is 1. The van der Waals surface area contributed by atoms with E-state index >= 15 is 0 Å². The van der Waals surface area contributed by atoms with Crippen molar-refractivity contribution in [3.05, 3.63) is 36.5 Å². The second-order valence-electron chi connectivity index (χ2n) is 3.28. The largest absolute Gasteiger partial charge is 0.351 e. The van der Waals surface area contributed by atoms with Crippen molar-refractivity contribution in [3.63, 3.8) is 0 Å². The molecule has 0 saturated carbocycles. The van der Waals surface area contributed by atoms with Gasteiger partial charge in [0.15, 0.2) is 0 Å². The Hall–Kier alpha value is -2.10. The molecule has 0 unspecified atom stereocenters. The number of rotatable bonds is 1. The number of benzene rings is 1. The third-order valence-electron chi connectivity index (χ3n) is 2.29. The SMILES string of the molecule is CN(C(N)=O)c1cnc2ccccc2c1. The van der Waals surface area contributed by atoms with Gasteiger partial charge in [0.1, 0.15) is 0 Å². The molecule has 1 heterocycles. The molecule has 1 aromatic heterocycles. The summed E-state index contributed by atoms with van der Waals surface area (Å²) in [5, 5.41) is 0.989. The molecule has 0 aliphatic carbocycles. The second-order valence-corrected chi connectivity index (χ2v) is 3.28.